The first-order valence-electron chi connectivity index (χ1n) is 7.81. The highest BCUT2D eigenvalue weighted by molar-refractivity contribution is 6.10. The number of rotatable bonds is 4. The molecule has 0 fully saturated rings. The van der Waals surface area contributed by atoms with Crippen molar-refractivity contribution in [3.63, 3.8) is 0 Å². The topological polar surface area (TPSA) is 30.2 Å². The molecule has 0 bridgehead atoms. The summed E-state index contributed by atoms with van der Waals surface area (Å²) >= 11 is 0. The van der Waals surface area contributed by atoms with E-state index in [1.807, 2.05) is 18.5 Å². The van der Waals surface area contributed by atoms with Crippen LogP contribution in [0, 0.1) is 0 Å². The van der Waals surface area contributed by atoms with E-state index < -0.39 is 0 Å². The van der Waals surface area contributed by atoms with Gasteiger partial charge in [0.25, 0.3) is 0 Å². The van der Waals surface area contributed by atoms with Gasteiger partial charge in [0, 0.05) is 30.2 Å². The van der Waals surface area contributed by atoms with Crippen molar-refractivity contribution >= 4 is 16.6 Å². The molecule has 0 radical (unpaired) electrons. The zero-order valence-electron chi connectivity index (χ0n) is 14.1. The van der Waals surface area contributed by atoms with E-state index in [1.54, 1.807) is 0 Å². The van der Waals surface area contributed by atoms with Crippen molar-refractivity contribution in [2.75, 3.05) is 6.54 Å². The van der Waals surface area contributed by atoms with Crippen molar-refractivity contribution in [3.8, 4) is 0 Å². The molecule has 0 aliphatic rings. The number of nitrogens with zero attached hydrogens (tertiary/aromatic N) is 3. The molecule has 1 heterocycles. The summed E-state index contributed by atoms with van der Waals surface area (Å²) in [6.45, 7) is 14.0. The third-order valence-electron chi connectivity index (χ3n) is 2.93. The van der Waals surface area contributed by atoms with E-state index >= 15 is 0 Å². The van der Waals surface area contributed by atoms with Gasteiger partial charge in [-0.1, -0.05) is 25.5 Å². The van der Waals surface area contributed by atoms with Crippen LogP contribution in [0.5, 0.6) is 0 Å². The number of fused-ring (bicyclic) bond motifs is 1. The Bertz CT molecular complexity index is 629. The van der Waals surface area contributed by atoms with Gasteiger partial charge in [0.05, 0.1) is 11.2 Å². The number of allylic oxidation sites excluding steroid dienone is 2. The standard InChI is InChI=1S/C16H21N3.C2H6/c1-5-17-16(9-12(3)4)13-7-8-15-14(10-13)11-19(6-2)18-15;1-2/h7-11H,5-6H2,1-4H3;1-2H3. The van der Waals surface area contributed by atoms with Crippen LogP contribution >= 0.6 is 0 Å². The van der Waals surface area contributed by atoms with Gasteiger partial charge in [-0.3, -0.25) is 9.67 Å². The predicted octanol–water partition coefficient (Wildman–Crippen LogP) is 4.86. The van der Waals surface area contributed by atoms with Crippen LogP contribution in [0.1, 0.15) is 47.1 Å². The number of aryl methyl sites for hydroxylation is 1. The lowest BCUT2D eigenvalue weighted by Crippen LogP contribution is -1.98. The van der Waals surface area contributed by atoms with E-state index in [4.69, 9.17) is 0 Å². The lowest BCUT2D eigenvalue weighted by Gasteiger charge is -2.03. The molecule has 21 heavy (non-hydrogen) atoms. The number of benzene rings is 1. The Hall–Kier alpha value is -1.90. The molecule has 3 nitrogen and oxygen atoms in total. The van der Waals surface area contributed by atoms with Crippen molar-refractivity contribution < 1.29 is 0 Å². The second-order valence-electron chi connectivity index (χ2n) is 4.84. The number of aliphatic imine (C=N–C) groups is 1. The first-order valence-corrected chi connectivity index (χ1v) is 7.81. The predicted molar refractivity (Wildman–Crippen MR) is 93.3 cm³/mol. The lowest BCUT2D eigenvalue weighted by atomic mass is 10.1. The van der Waals surface area contributed by atoms with Crippen LogP contribution in [0.2, 0.25) is 0 Å². The monoisotopic (exact) mass is 285 g/mol. The first kappa shape index (κ1) is 17.2. The van der Waals surface area contributed by atoms with Crippen molar-refractivity contribution in [3.05, 3.63) is 41.6 Å². The van der Waals surface area contributed by atoms with Crippen molar-refractivity contribution in [1.82, 2.24) is 9.78 Å². The van der Waals surface area contributed by atoms with Gasteiger partial charge in [0.1, 0.15) is 0 Å². The summed E-state index contributed by atoms with van der Waals surface area (Å²) in [6.07, 6.45) is 4.22. The minimum absolute atomic E-state index is 0.797. The Morgan fingerprint density at radius 1 is 1.24 bits per heavy atom. The van der Waals surface area contributed by atoms with E-state index in [9.17, 15) is 0 Å². The highest BCUT2D eigenvalue weighted by Gasteiger charge is 2.04. The second kappa shape index (κ2) is 8.40. The molecule has 0 saturated carbocycles. The van der Waals surface area contributed by atoms with Crippen LogP contribution < -0.4 is 0 Å². The third-order valence-corrected chi connectivity index (χ3v) is 2.93. The van der Waals surface area contributed by atoms with Gasteiger partial charge in [-0.2, -0.15) is 5.10 Å². The maximum absolute atomic E-state index is 4.58. The summed E-state index contributed by atoms with van der Waals surface area (Å²) < 4.78 is 1.96. The molecular weight excluding hydrogens is 258 g/mol. The SMILES string of the molecule is CC.CCN=C(C=C(C)C)c1ccc2nn(CC)cc2c1. The summed E-state index contributed by atoms with van der Waals surface area (Å²) in [5, 5.41) is 5.67. The Morgan fingerprint density at radius 3 is 2.52 bits per heavy atom. The van der Waals surface area contributed by atoms with Gasteiger partial charge in [-0.15, -0.1) is 0 Å². The zero-order chi connectivity index (χ0) is 15.8. The third kappa shape index (κ3) is 4.55. The van der Waals surface area contributed by atoms with Gasteiger partial charge in [0.2, 0.25) is 0 Å². The largest absolute Gasteiger partial charge is 0.285 e. The average Bonchev–Trinajstić information content (AvgIpc) is 2.90. The highest BCUT2D eigenvalue weighted by atomic mass is 15.3. The summed E-state index contributed by atoms with van der Waals surface area (Å²) in [5.74, 6) is 0. The fourth-order valence-electron chi connectivity index (χ4n) is 2.06. The lowest BCUT2D eigenvalue weighted by molar-refractivity contribution is 0.668. The number of aromatic nitrogens is 2. The Labute approximate surface area is 128 Å². The van der Waals surface area contributed by atoms with Crippen LogP contribution in [0.25, 0.3) is 10.9 Å². The molecule has 3 heteroatoms. The second-order valence-corrected chi connectivity index (χ2v) is 4.84. The van der Waals surface area contributed by atoms with E-state index in [2.05, 4.69) is 68.3 Å². The minimum Gasteiger partial charge on any atom is -0.285 e. The number of hydrogen-bond acceptors (Lipinski definition) is 2. The van der Waals surface area contributed by atoms with Crippen molar-refractivity contribution in [2.24, 2.45) is 4.99 Å². The molecule has 2 rings (SSSR count). The van der Waals surface area contributed by atoms with Crippen molar-refractivity contribution in [2.45, 2.75) is 48.1 Å². The smallest absolute Gasteiger partial charge is 0.0923 e. The molecule has 0 unspecified atom stereocenters. The minimum atomic E-state index is 0.797. The van der Waals surface area contributed by atoms with Crippen LogP contribution in [-0.4, -0.2) is 22.0 Å². The Kier molecular flexibility index (Phi) is 6.86. The van der Waals surface area contributed by atoms with Crippen LogP contribution in [0.15, 0.2) is 41.0 Å². The molecule has 2 aromatic rings. The normalized spacial score (nSPS) is 11.0. The van der Waals surface area contributed by atoms with Crippen LogP contribution in [0.4, 0.5) is 0 Å². The van der Waals surface area contributed by atoms with Gasteiger partial charge < -0.3 is 0 Å². The molecule has 0 atom stereocenters. The molecule has 0 saturated heterocycles. The molecule has 0 aliphatic carbocycles. The van der Waals surface area contributed by atoms with E-state index in [1.165, 1.54) is 11.0 Å². The molecule has 0 aliphatic heterocycles. The maximum atomic E-state index is 4.58. The van der Waals surface area contributed by atoms with Gasteiger partial charge in [-0.05, 0) is 45.9 Å². The zero-order valence-corrected chi connectivity index (χ0v) is 14.1. The fraction of sp³-hybridized carbons (Fsp3) is 0.444. The summed E-state index contributed by atoms with van der Waals surface area (Å²) in [7, 11) is 0. The summed E-state index contributed by atoms with van der Waals surface area (Å²) in [4.78, 5) is 4.58. The summed E-state index contributed by atoms with van der Waals surface area (Å²) in [6, 6.07) is 6.34. The van der Waals surface area contributed by atoms with E-state index in [0.717, 1.165) is 29.9 Å². The molecule has 114 valence electrons. The summed E-state index contributed by atoms with van der Waals surface area (Å²) in [5.41, 5.74) is 4.51. The molecule has 0 N–H and O–H groups in total. The van der Waals surface area contributed by atoms with Gasteiger partial charge in [0.15, 0.2) is 0 Å². The van der Waals surface area contributed by atoms with E-state index in [0.29, 0.717) is 0 Å². The quantitative estimate of drug-likeness (QED) is 0.738. The molecule has 0 spiro atoms. The van der Waals surface area contributed by atoms with Crippen LogP contribution in [0.3, 0.4) is 0 Å². The molecule has 1 aromatic carbocycles. The average molecular weight is 285 g/mol. The number of hydrogen-bond donors (Lipinski definition) is 0. The maximum Gasteiger partial charge on any atom is 0.0923 e. The first-order chi connectivity index (χ1) is 10.1. The molecular formula is C18H27N3. The van der Waals surface area contributed by atoms with Gasteiger partial charge >= 0.3 is 0 Å². The highest BCUT2D eigenvalue weighted by Crippen LogP contribution is 2.16. The van der Waals surface area contributed by atoms with E-state index in [-0.39, 0.29) is 0 Å². The van der Waals surface area contributed by atoms with Crippen LogP contribution in [-0.2, 0) is 6.54 Å². The van der Waals surface area contributed by atoms with Gasteiger partial charge in [-0.25, -0.2) is 0 Å². The fourth-order valence-corrected chi connectivity index (χ4v) is 2.06. The van der Waals surface area contributed by atoms with Crippen molar-refractivity contribution in [1.29, 1.82) is 0 Å². The Morgan fingerprint density at radius 2 is 1.95 bits per heavy atom. The molecule has 1 aromatic heterocycles. The molecule has 0 amide bonds. The Balaban J connectivity index is 0.00000106.